The third kappa shape index (κ3) is 5.58. The van der Waals surface area contributed by atoms with Crippen molar-refractivity contribution in [2.75, 3.05) is 13.2 Å². The van der Waals surface area contributed by atoms with Gasteiger partial charge in [0.25, 0.3) is 0 Å². The van der Waals surface area contributed by atoms with E-state index in [0.29, 0.717) is 19.4 Å². The average molecular weight is 272 g/mol. The minimum Gasteiger partial charge on any atom is -0.481 e. The number of amides is 2. The number of carbonyl (C=O) groups is 3. The van der Waals surface area contributed by atoms with Crippen molar-refractivity contribution in [1.29, 1.82) is 0 Å². The predicted molar refractivity (Wildman–Crippen MR) is 66.5 cm³/mol. The summed E-state index contributed by atoms with van der Waals surface area (Å²) >= 11 is 0. The molecule has 3 N–H and O–H groups in total. The van der Waals surface area contributed by atoms with Crippen molar-refractivity contribution < 1.29 is 24.2 Å². The van der Waals surface area contributed by atoms with E-state index in [9.17, 15) is 14.4 Å². The summed E-state index contributed by atoms with van der Waals surface area (Å²) < 4.78 is 4.94. The minimum absolute atomic E-state index is 0.0563. The maximum absolute atomic E-state index is 11.5. The Morgan fingerprint density at radius 2 is 2.05 bits per heavy atom. The van der Waals surface area contributed by atoms with Gasteiger partial charge < -0.3 is 20.5 Å². The number of ether oxygens (including phenoxy) is 1. The predicted octanol–water partition coefficient (Wildman–Crippen LogP) is 0.492. The number of aliphatic carboxylic acids is 1. The lowest BCUT2D eigenvalue weighted by molar-refractivity contribution is -0.147. The fourth-order valence-electron chi connectivity index (χ4n) is 2.11. The van der Waals surface area contributed by atoms with Crippen molar-refractivity contribution >= 4 is 18.0 Å². The maximum atomic E-state index is 11.5. The molecule has 0 heterocycles. The number of urea groups is 1. The van der Waals surface area contributed by atoms with Gasteiger partial charge in [0.15, 0.2) is 0 Å². The number of carboxylic acid groups (broad SMARTS) is 1. The van der Waals surface area contributed by atoms with Crippen LogP contribution in [0, 0.1) is 5.92 Å². The molecule has 0 aliphatic heterocycles. The van der Waals surface area contributed by atoms with Crippen LogP contribution >= 0.6 is 0 Å². The Morgan fingerprint density at radius 3 is 2.68 bits per heavy atom. The van der Waals surface area contributed by atoms with Crippen LogP contribution < -0.4 is 10.6 Å². The first-order chi connectivity index (χ1) is 9.02. The largest absolute Gasteiger partial charge is 0.481 e. The molecular formula is C12H20N2O5. The number of hydrogen-bond donors (Lipinski definition) is 3. The number of rotatable bonds is 6. The molecule has 0 spiro atoms. The number of carbonyl (C=O) groups excluding carboxylic acids is 2. The first-order valence-electron chi connectivity index (χ1n) is 6.45. The third-order valence-corrected chi connectivity index (χ3v) is 3.01. The summed E-state index contributed by atoms with van der Waals surface area (Å²) in [6.45, 7) is 2.22. The molecule has 2 amide bonds. The highest BCUT2D eigenvalue weighted by Gasteiger charge is 2.31. The van der Waals surface area contributed by atoms with E-state index < -0.39 is 12.0 Å². The Kier molecular flexibility index (Phi) is 6.11. The summed E-state index contributed by atoms with van der Waals surface area (Å²) in [6, 6.07) is -0.449. The SMILES string of the molecule is CCOC(=O)[C@@H]1CC[C@H](NC(=O)NCCC(=O)O)C1. The molecule has 1 aliphatic carbocycles. The molecular weight excluding hydrogens is 252 g/mol. The Bertz CT molecular complexity index is 345. The third-order valence-electron chi connectivity index (χ3n) is 3.01. The summed E-state index contributed by atoms with van der Waals surface area (Å²) in [5.74, 6) is -1.31. The zero-order valence-electron chi connectivity index (χ0n) is 11.0. The van der Waals surface area contributed by atoms with Crippen LogP contribution in [0.3, 0.4) is 0 Å². The van der Waals surface area contributed by atoms with Crippen molar-refractivity contribution in [2.24, 2.45) is 5.92 Å². The highest BCUT2D eigenvalue weighted by Crippen LogP contribution is 2.26. The molecule has 19 heavy (non-hydrogen) atoms. The first kappa shape index (κ1) is 15.3. The van der Waals surface area contributed by atoms with E-state index in [1.54, 1.807) is 6.92 Å². The lowest BCUT2D eigenvalue weighted by atomic mass is 10.1. The van der Waals surface area contributed by atoms with Gasteiger partial charge in [0.2, 0.25) is 0 Å². The molecule has 0 unspecified atom stereocenters. The smallest absolute Gasteiger partial charge is 0.315 e. The normalized spacial score (nSPS) is 21.7. The van der Waals surface area contributed by atoms with Crippen LogP contribution in [0.1, 0.15) is 32.6 Å². The molecule has 0 saturated heterocycles. The Hall–Kier alpha value is -1.79. The molecule has 7 heteroatoms. The van der Waals surface area contributed by atoms with Crippen LogP contribution in [0.25, 0.3) is 0 Å². The van der Waals surface area contributed by atoms with E-state index in [2.05, 4.69) is 10.6 Å². The van der Waals surface area contributed by atoms with E-state index in [0.717, 1.165) is 6.42 Å². The van der Waals surface area contributed by atoms with Gasteiger partial charge in [0.1, 0.15) is 0 Å². The summed E-state index contributed by atoms with van der Waals surface area (Å²) in [5.41, 5.74) is 0. The van der Waals surface area contributed by atoms with Crippen LogP contribution in [0.2, 0.25) is 0 Å². The van der Waals surface area contributed by atoms with E-state index in [4.69, 9.17) is 9.84 Å². The number of hydrogen-bond acceptors (Lipinski definition) is 4. The summed E-state index contributed by atoms with van der Waals surface area (Å²) in [5, 5.41) is 13.6. The molecule has 0 aromatic rings. The van der Waals surface area contributed by atoms with Crippen molar-refractivity contribution in [3.05, 3.63) is 0 Å². The van der Waals surface area contributed by atoms with Crippen molar-refractivity contribution in [3.8, 4) is 0 Å². The van der Waals surface area contributed by atoms with Gasteiger partial charge in [0.05, 0.1) is 18.9 Å². The first-order valence-corrected chi connectivity index (χ1v) is 6.45. The highest BCUT2D eigenvalue weighted by atomic mass is 16.5. The second-order valence-electron chi connectivity index (χ2n) is 4.50. The molecule has 1 rings (SSSR count). The standard InChI is InChI=1S/C12H20N2O5/c1-2-19-11(17)8-3-4-9(7-8)14-12(18)13-6-5-10(15)16/h8-9H,2-7H2,1H3,(H,15,16)(H2,13,14,18)/t8-,9+/m1/s1. The van der Waals surface area contributed by atoms with Crippen molar-refractivity contribution in [1.82, 2.24) is 10.6 Å². The van der Waals surface area contributed by atoms with Gasteiger partial charge in [-0.1, -0.05) is 0 Å². The molecule has 2 atom stereocenters. The Labute approximate surface area is 111 Å². The molecule has 1 saturated carbocycles. The van der Waals surface area contributed by atoms with Gasteiger partial charge in [0, 0.05) is 12.6 Å². The van der Waals surface area contributed by atoms with Crippen molar-refractivity contribution in [3.63, 3.8) is 0 Å². The summed E-state index contributed by atoms with van der Waals surface area (Å²) in [6.07, 6.45) is 1.91. The highest BCUT2D eigenvalue weighted by molar-refractivity contribution is 5.76. The topological polar surface area (TPSA) is 105 Å². The molecule has 0 aromatic carbocycles. The van der Waals surface area contributed by atoms with Gasteiger partial charge >= 0.3 is 18.0 Å². The zero-order chi connectivity index (χ0) is 14.3. The van der Waals surface area contributed by atoms with Gasteiger partial charge in [-0.2, -0.15) is 0 Å². The molecule has 108 valence electrons. The fourth-order valence-corrected chi connectivity index (χ4v) is 2.11. The van der Waals surface area contributed by atoms with Gasteiger partial charge in [-0.25, -0.2) is 4.79 Å². The van der Waals surface area contributed by atoms with Gasteiger partial charge in [-0.3, -0.25) is 9.59 Å². The summed E-state index contributed by atoms with van der Waals surface area (Å²) in [4.78, 5) is 33.2. The van der Waals surface area contributed by atoms with Crippen LogP contribution in [0.5, 0.6) is 0 Å². The molecule has 1 aliphatic rings. The van der Waals surface area contributed by atoms with Gasteiger partial charge in [-0.15, -0.1) is 0 Å². The van der Waals surface area contributed by atoms with E-state index in [1.165, 1.54) is 0 Å². The molecule has 7 nitrogen and oxygen atoms in total. The van der Waals surface area contributed by atoms with Crippen LogP contribution in [0.4, 0.5) is 4.79 Å². The Morgan fingerprint density at radius 1 is 1.32 bits per heavy atom. The monoisotopic (exact) mass is 272 g/mol. The Balaban J connectivity index is 2.22. The lowest BCUT2D eigenvalue weighted by Crippen LogP contribution is -2.41. The molecule has 0 bridgehead atoms. The van der Waals surface area contributed by atoms with Gasteiger partial charge in [-0.05, 0) is 26.2 Å². The van der Waals surface area contributed by atoms with E-state index in [-0.39, 0.29) is 30.9 Å². The van der Waals surface area contributed by atoms with Crippen LogP contribution in [0.15, 0.2) is 0 Å². The molecule has 0 aromatic heterocycles. The summed E-state index contributed by atoms with van der Waals surface area (Å²) in [7, 11) is 0. The average Bonchev–Trinajstić information content (AvgIpc) is 2.77. The number of nitrogens with one attached hydrogen (secondary N) is 2. The number of carboxylic acids is 1. The number of esters is 1. The van der Waals surface area contributed by atoms with E-state index >= 15 is 0 Å². The van der Waals surface area contributed by atoms with E-state index in [1.807, 2.05) is 0 Å². The minimum atomic E-state index is -0.955. The van der Waals surface area contributed by atoms with Crippen molar-refractivity contribution in [2.45, 2.75) is 38.6 Å². The fraction of sp³-hybridized carbons (Fsp3) is 0.750. The molecule has 1 fully saturated rings. The maximum Gasteiger partial charge on any atom is 0.315 e. The molecule has 0 radical (unpaired) electrons. The van der Waals surface area contributed by atoms with Crippen LogP contribution in [-0.2, 0) is 14.3 Å². The second kappa shape index (κ2) is 7.60. The zero-order valence-corrected chi connectivity index (χ0v) is 11.0. The lowest BCUT2D eigenvalue weighted by Gasteiger charge is -2.13. The van der Waals surface area contributed by atoms with Crippen LogP contribution in [-0.4, -0.2) is 42.3 Å². The second-order valence-corrected chi connectivity index (χ2v) is 4.50. The quantitative estimate of drug-likeness (QED) is 0.610.